The van der Waals surface area contributed by atoms with E-state index in [0.29, 0.717) is 18.5 Å². The van der Waals surface area contributed by atoms with Gasteiger partial charge in [-0.05, 0) is 43.4 Å². The number of nitrogens with one attached hydrogen (secondary N) is 1. The van der Waals surface area contributed by atoms with Crippen molar-refractivity contribution >= 4 is 23.6 Å². The van der Waals surface area contributed by atoms with Gasteiger partial charge in [-0.3, -0.25) is 4.79 Å². The van der Waals surface area contributed by atoms with Crippen LogP contribution < -0.4 is 5.32 Å². The van der Waals surface area contributed by atoms with Crippen molar-refractivity contribution in [2.75, 3.05) is 13.1 Å². The molecule has 0 spiro atoms. The summed E-state index contributed by atoms with van der Waals surface area (Å²) in [5.41, 5.74) is -0.0955. The number of carboxylic acid groups (broad SMARTS) is 1. The number of fused-ring (bicyclic) bond motifs is 1. The Morgan fingerprint density at radius 2 is 2.25 bits per heavy atom. The molecule has 24 heavy (non-hydrogen) atoms. The fraction of sp³-hybridized carbons (Fsp3) is 0.529. The fourth-order valence-electron chi connectivity index (χ4n) is 3.94. The highest BCUT2D eigenvalue weighted by molar-refractivity contribution is 6.30. The summed E-state index contributed by atoms with van der Waals surface area (Å²) in [4.78, 5) is 25.8. The van der Waals surface area contributed by atoms with Crippen molar-refractivity contribution in [2.45, 2.75) is 32.2 Å². The molecule has 1 aliphatic carbocycles. The SMILES string of the molecule is CC(NC(=O)N1C[C@@H]2CCC[C@@]2(C(=O)O)C1)c1ccc(F)c(Cl)c1. The van der Waals surface area contributed by atoms with E-state index in [-0.39, 0.29) is 29.6 Å². The topological polar surface area (TPSA) is 69.6 Å². The average molecular weight is 355 g/mol. The lowest BCUT2D eigenvalue weighted by Gasteiger charge is -2.24. The van der Waals surface area contributed by atoms with E-state index < -0.39 is 17.2 Å². The third kappa shape index (κ3) is 2.83. The van der Waals surface area contributed by atoms with E-state index >= 15 is 0 Å². The number of rotatable bonds is 3. The second-order valence-corrected chi connectivity index (χ2v) is 7.18. The van der Waals surface area contributed by atoms with E-state index in [2.05, 4.69) is 5.32 Å². The third-order valence-corrected chi connectivity index (χ3v) is 5.66. The molecule has 3 rings (SSSR count). The molecular formula is C17H20ClFN2O3. The molecule has 1 unspecified atom stereocenters. The number of carbonyl (C=O) groups excluding carboxylic acids is 1. The van der Waals surface area contributed by atoms with Crippen LogP contribution >= 0.6 is 11.6 Å². The molecule has 5 nitrogen and oxygen atoms in total. The number of aliphatic carboxylic acids is 1. The lowest BCUT2D eigenvalue weighted by atomic mass is 9.81. The van der Waals surface area contributed by atoms with E-state index in [1.54, 1.807) is 17.9 Å². The number of nitrogens with zero attached hydrogens (tertiary/aromatic N) is 1. The van der Waals surface area contributed by atoms with Crippen LogP contribution in [0.5, 0.6) is 0 Å². The van der Waals surface area contributed by atoms with Crippen molar-refractivity contribution in [3.63, 3.8) is 0 Å². The smallest absolute Gasteiger partial charge is 0.317 e. The first-order valence-corrected chi connectivity index (χ1v) is 8.45. The van der Waals surface area contributed by atoms with Gasteiger partial charge in [0.05, 0.1) is 16.5 Å². The molecule has 1 aromatic rings. The maximum atomic E-state index is 13.2. The number of likely N-dealkylation sites (tertiary alicyclic amines) is 1. The number of amides is 2. The number of carbonyl (C=O) groups is 2. The molecule has 0 radical (unpaired) electrons. The Morgan fingerprint density at radius 1 is 1.50 bits per heavy atom. The molecular weight excluding hydrogens is 335 g/mol. The summed E-state index contributed by atoms with van der Waals surface area (Å²) in [7, 11) is 0. The second-order valence-electron chi connectivity index (χ2n) is 6.78. The van der Waals surface area contributed by atoms with E-state index in [0.717, 1.165) is 12.8 Å². The van der Waals surface area contributed by atoms with Crippen LogP contribution in [0.3, 0.4) is 0 Å². The molecule has 0 bridgehead atoms. The first kappa shape index (κ1) is 17.0. The maximum absolute atomic E-state index is 13.2. The van der Waals surface area contributed by atoms with Gasteiger partial charge in [-0.15, -0.1) is 0 Å². The lowest BCUT2D eigenvalue weighted by Crippen LogP contribution is -2.42. The number of urea groups is 1. The van der Waals surface area contributed by atoms with Crippen LogP contribution in [0.2, 0.25) is 5.02 Å². The predicted octanol–water partition coefficient (Wildman–Crippen LogP) is 3.44. The molecule has 2 N–H and O–H groups in total. The molecule has 2 aliphatic rings. The summed E-state index contributed by atoms with van der Waals surface area (Å²) in [6.45, 7) is 2.50. The molecule has 1 heterocycles. The Hall–Kier alpha value is -1.82. The van der Waals surface area contributed by atoms with Gasteiger partial charge in [-0.25, -0.2) is 9.18 Å². The second kappa shape index (κ2) is 6.24. The molecule has 3 atom stereocenters. The Balaban J connectivity index is 1.67. The minimum atomic E-state index is -0.807. The molecule has 1 saturated carbocycles. The van der Waals surface area contributed by atoms with Gasteiger partial charge in [0, 0.05) is 13.1 Å². The van der Waals surface area contributed by atoms with Crippen molar-refractivity contribution in [3.05, 3.63) is 34.6 Å². The molecule has 1 aromatic carbocycles. The Labute approximate surface area is 144 Å². The summed E-state index contributed by atoms with van der Waals surface area (Å²) < 4.78 is 13.2. The van der Waals surface area contributed by atoms with Gasteiger partial charge in [0.2, 0.25) is 0 Å². The first-order valence-electron chi connectivity index (χ1n) is 8.07. The molecule has 2 fully saturated rings. The zero-order chi connectivity index (χ0) is 17.5. The summed E-state index contributed by atoms with van der Waals surface area (Å²) in [5.74, 6) is -1.29. The van der Waals surface area contributed by atoms with Crippen LogP contribution in [0.15, 0.2) is 18.2 Å². The van der Waals surface area contributed by atoms with Crippen molar-refractivity contribution in [3.8, 4) is 0 Å². The molecule has 130 valence electrons. The molecule has 1 saturated heterocycles. The molecule has 7 heteroatoms. The minimum absolute atomic E-state index is 0.00846. The van der Waals surface area contributed by atoms with Crippen LogP contribution in [0.25, 0.3) is 0 Å². The maximum Gasteiger partial charge on any atom is 0.317 e. The zero-order valence-corrected chi connectivity index (χ0v) is 14.1. The van der Waals surface area contributed by atoms with E-state index in [4.69, 9.17) is 11.6 Å². The fourth-order valence-corrected chi connectivity index (χ4v) is 4.12. The van der Waals surface area contributed by atoms with E-state index in [1.807, 2.05) is 0 Å². The monoisotopic (exact) mass is 354 g/mol. The summed E-state index contributed by atoms with van der Waals surface area (Å²) in [6, 6.07) is 3.68. The van der Waals surface area contributed by atoms with Gasteiger partial charge < -0.3 is 15.3 Å². The first-order chi connectivity index (χ1) is 11.3. The van der Waals surface area contributed by atoms with Crippen LogP contribution in [0, 0.1) is 17.2 Å². The van der Waals surface area contributed by atoms with Crippen LogP contribution in [0.1, 0.15) is 37.8 Å². The van der Waals surface area contributed by atoms with Gasteiger partial charge in [0.25, 0.3) is 0 Å². The Morgan fingerprint density at radius 3 is 2.88 bits per heavy atom. The standard InChI is InChI=1S/C17H20ClFN2O3/c1-10(11-4-5-14(19)13(18)7-11)20-16(24)21-8-12-3-2-6-17(12,9-21)15(22)23/h4-5,7,10,12H,2-3,6,8-9H2,1H3,(H,20,24)(H,22,23)/t10?,12-,17+/m0/s1. The summed E-state index contributed by atoms with van der Waals surface area (Å²) in [5, 5.41) is 12.4. The summed E-state index contributed by atoms with van der Waals surface area (Å²) >= 11 is 5.78. The van der Waals surface area contributed by atoms with Gasteiger partial charge in [0.15, 0.2) is 0 Å². The van der Waals surface area contributed by atoms with Crippen molar-refractivity contribution in [2.24, 2.45) is 11.3 Å². The normalized spacial score (nSPS) is 27.0. The van der Waals surface area contributed by atoms with E-state index in [9.17, 15) is 19.1 Å². The number of hydrogen-bond acceptors (Lipinski definition) is 2. The van der Waals surface area contributed by atoms with Crippen LogP contribution in [-0.4, -0.2) is 35.1 Å². The highest BCUT2D eigenvalue weighted by Crippen LogP contribution is 2.48. The number of hydrogen-bond donors (Lipinski definition) is 2. The lowest BCUT2D eigenvalue weighted by molar-refractivity contribution is -0.149. The van der Waals surface area contributed by atoms with Gasteiger partial charge in [-0.1, -0.05) is 24.1 Å². The highest BCUT2D eigenvalue weighted by Gasteiger charge is 2.55. The number of carboxylic acids is 1. The Bertz CT molecular complexity index is 684. The van der Waals surface area contributed by atoms with Crippen molar-refractivity contribution in [1.29, 1.82) is 0 Å². The minimum Gasteiger partial charge on any atom is -0.481 e. The van der Waals surface area contributed by atoms with Gasteiger partial charge in [-0.2, -0.15) is 0 Å². The zero-order valence-electron chi connectivity index (χ0n) is 13.4. The largest absolute Gasteiger partial charge is 0.481 e. The Kier molecular flexibility index (Phi) is 4.42. The number of halogens is 2. The van der Waals surface area contributed by atoms with Gasteiger partial charge in [0.1, 0.15) is 5.82 Å². The quantitative estimate of drug-likeness (QED) is 0.873. The third-order valence-electron chi connectivity index (χ3n) is 5.37. The van der Waals surface area contributed by atoms with Crippen molar-refractivity contribution in [1.82, 2.24) is 10.2 Å². The highest BCUT2D eigenvalue weighted by atomic mass is 35.5. The molecule has 2 amide bonds. The van der Waals surface area contributed by atoms with Crippen LogP contribution in [0.4, 0.5) is 9.18 Å². The van der Waals surface area contributed by atoms with Gasteiger partial charge >= 0.3 is 12.0 Å². The predicted molar refractivity (Wildman–Crippen MR) is 87.3 cm³/mol. The number of benzene rings is 1. The average Bonchev–Trinajstić information content (AvgIpc) is 3.08. The van der Waals surface area contributed by atoms with E-state index in [1.165, 1.54) is 12.1 Å². The molecule has 1 aliphatic heterocycles. The molecule has 0 aromatic heterocycles. The van der Waals surface area contributed by atoms with Crippen LogP contribution in [-0.2, 0) is 4.79 Å². The summed E-state index contributed by atoms with van der Waals surface area (Å²) in [6.07, 6.45) is 2.37. The van der Waals surface area contributed by atoms with Crippen molar-refractivity contribution < 1.29 is 19.1 Å².